The molecule has 5 unspecified atom stereocenters. The van der Waals surface area contributed by atoms with Crippen LogP contribution in [0.3, 0.4) is 0 Å². The van der Waals surface area contributed by atoms with Gasteiger partial charge in [0.05, 0.1) is 12.7 Å². The predicted molar refractivity (Wildman–Crippen MR) is 92.8 cm³/mol. The fraction of sp³-hybridized carbons (Fsp3) is 0.650. The van der Waals surface area contributed by atoms with E-state index in [1.165, 1.54) is 5.56 Å². The maximum Gasteiger partial charge on any atom is 0.323 e. The van der Waals surface area contributed by atoms with E-state index in [-0.39, 0.29) is 42.2 Å². The summed E-state index contributed by atoms with van der Waals surface area (Å²) in [6.45, 7) is 8.33. The third-order valence-corrected chi connectivity index (χ3v) is 5.85. The number of ether oxygens (including phenoxy) is 3. The molecule has 2 bridgehead atoms. The van der Waals surface area contributed by atoms with Crippen molar-refractivity contribution in [1.82, 2.24) is 4.90 Å². The van der Waals surface area contributed by atoms with E-state index in [1.807, 2.05) is 39.0 Å². The van der Waals surface area contributed by atoms with E-state index in [9.17, 15) is 4.79 Å². The fourth-order valence-corrected chi connectivity index (χ4v) is 4.98. The number of rotatable bonds is 4. The lowest BCUT2D eigenvalue weighted by Crippen LogP contribution is -2.56. The zero-order chi connectivity index (χ0) is 17.8. The van der Waals surface area contributed by atoms with Crippen molar-refractivity contribution in [2.75, 3.05) is 6.61 Å². The molecular formula is C20H27NO4. The lowest BCUT2D eigenvalue weighted by molar-refractivity contribution is -0.158. The molecule has 2 heterocycles. The Morgan fingerprint density at radius 1 is 1.28 bits per heavy atom. The van der Waals surface area contributed by atoms with Crippen LogP contribution in [0.5, 0.6) is 0 Å². The van der Waals surface area contributed by atoms with Crippen molar-refractivity contribution in [2.24, 2.45) is 5.92 Å². The SMILES string of the molecule is CCOC(=O)C1C2CC(C3OC(C)(C)OC23)N1[C@@H](C)c1ccccc1. The minimum atomic E-state index is -0.586. The minimum Gasteiger partial charge on any atom is -0.465 e. The number of fused-ring (bicyclic) bond motifs is 5. The molecule has 4 rings (SSSR count). The largest absolute Gasteiger partial charge is 0.465 e. The van der Waals surface area contributed by atoms with Crippen LogP contribution in [-0.4, -0.2) is 47.6 Å². The number of piperidine rings is 1. The molecule has 5 nitrogen and oxygen atoms in total. The Balaban J connectivity index is 1.67. The molecule has 5 heteroatoms. The van der Waals surface area contributed by atoms with Crippen molar-refractivity contribution in [2.45, 2.75) is 70.2 Å². The van der Waals surface area contributed by atoms with Crippen LogP contribution in [0.2, 0.25) is 0 Å². The van der Waals surface area contributed by atoms with Crippen LogP contribution in [0, 0.1) is 5.92 Å². The third-order valence-electron chi connectivity index (χ3n) is 5.85. The van der Waals surface area contributed by atoms with Crippen molar-refractivity contribution in [3.8, 4) is 0 Å². The molecule has 0 radical (unpaired) electrons. The Kier molecular flexibility index (Phi) is 4.13. The first-order valence-corrected chi connectivity index (χ1v) is 9.27. The Bertz CT molecular complexity index is 646. The summed E-state index contributed by atoms with van der Waals surface area (Å²) in [5, 5.41) is 0. The number of carbonyl (C=O) groups is 1. The highest BCUT2D eigenvalue weighted by atomic mass is 16.8. The molecule has 25 heavy (non-hydrogen) atoms. The van der Waals surface area contributed by atoms with Crippen LogP contribution in [0.25, 0.3) is 0 Å². The van der Waals surface area contributed by atoms with Crippen LogP contribution in [0.15, 0.2) is 30.3 Å². The highest BCUT2D eigenvalue weighted by molar-refractivity contribution is 5.77. The summed E-state index contributed by atoms with van der Waals surface area (Å²) >= 11 is 0. The normalized spacial score (nSPS) is 37.0. The Labute approximate surface area is 149 Å². The van der Waals surface area contributed by atoms with E-state index in [2.05, 4.69) is 24.0 Å². The van der Waals surface area contributed by atoms with E-state index in [0.29, 0.717) is 6.61 Å². The third kappa shape index (κ3) is 2.69. The number of likely N-dealkylation sites (tertiary alicyclic amines) is 1. The molecule has 3 aliphatic rings. The number of carbonyl (C=O) groups excluding carboxylic acids is 1. The fourth-order valence-electron chi connectivity index (χ4n) is 4.98. The number of hydrogen-bond donors (Lipinski definition) is 0. The Hall–Kier alpha value is -1.43. The maximum atomic E-state index is 12.8. The smallest absolute Gasteiger partial charge is 0.323 e. The lowest BCUT2D eigenvalue weighted by Gasteiger charge is -2.41. The molecule has 6 atom stereocenters. The monoisotopic (exact) mass is 345 g/mol. The predicted octanol–water partition coefficient (Wildman–Crippen LogP) is 2.90. The Morgan fingerprint density at radius 2 is 1.96 bits per heavy atom. The number of benzene rings is 1. The van der Waals surface area contributed by atoms with E-state index in [1.54, 1.807) is 0 Å². The number of nitrogens with zero attached hydrogens (tertiary/aromatic N) is 1. The van der Waals surface area contributed by atoms with Gasteiger partial charge in [-0.2, -0.15) is 0 Å². The van der Waals surface area contributed by atoms with E-state index >= 15 is 0 Å². The van der Waals surface area contributed by atoms with E-state index in [4.69, 9.17) is 14.2 Å². The molecule has 1 aromatic carbocycles. The van der Waals surface area contributed by atoms with Gasteiger partial charge in [-0.25, -0.2) is 0 Å². The molecule has 1 aliphatic carbocycles. The molecular weight excluding hydrogens is 318 g/mol. The first-order chi connectivity index (χ1) is 11.9. The van der Waals surface area contributed by atoms with Crippen molar-refractivity contribution >= 4 is 5.97 Å². The molecule has 0 aromatic heterocycles. The second-order valence-electron chi connectivity index (χ2n) is 7.76. The standard InChI is InChI=1S/C20H27NO4/c1-5-23-19(22)16-14-11-15(18-17(14)24-20(3,4)25-18)21(16)12(2)13-9-7-6-8-10-13/h6-10,12,14-18H,5,11H2,1-4H3/t12-,14?,15?,16?,17?,18?/m0/s1. The molecule has 1 aromatic rings. The highest BCUT2D eigenvalue weighted by Crippen LogP contribution is 2.53. The van der Waals surface area contributed by atoms with Crippen LogP contribution < -0.4 is 0 Å². The zero-order valence-electron chi connectivity index (χ0n) is 15.3. The topological polar surface area (TPSA) is 48.0 Å². The van der Waals surface area contributed by atoms with E-state index < -0.39 is 5.79 Å². The quantitative estimate of drug-likeness (QED) is 0.785. The van der Waals surface area contributed by atoms with Crippen molar-refractivity contribution in [1.29, 1.82) is 0 Å². The van der Waals surface area contributed by atoms with Crippen molar-refractivity contribution in [3.05, 3.63) is 35.9 Å². The highest BCUT2D eigenvalue weighted by Gasteiger charge is 2.66. The van der Waals surface area contributed by atoms with Gasteiger partial charge in [0.1, 0.15) is 12.1 Å². The van der Waals surface area contributed by atoms with Crippen molar-refractivity contribution < 1.29 is 19.0 Å². The lowest BCUT2D eigenvalue weighted by atomic mass is 9.92. The molecule has 3 fully saturated rings. The van der Waals surface area contributed by atoms with Gasteiger partial charge in [-0.05, 0) is 39.7 Å². The van der Waals surface area contributed by atoms with Gasteiger partial charge in [0, 0.05) is 18.0 Å². The van der Waals surface area contributed by atoms with Gasteiger partial charge in [-0.1, -0.05) is 30.3 Å². The molecule has 2 aliphatic heterocycles. The average molecular weight is 345 g/mol. The average Bonchev–Trinajstić information content (AvgIpc) is 3.21. The minimum absolute atomic E-state index is 0.0198. The van der Waals surface area contributed by atoms with Crippen LogP contribution >= 0.6 is 0 Å². The summed E-state index contributed by atoms with van der Waals surface area (Å²) in [6.07, 6.45) is 0.928. The summed E-state index contributed by atoms with van der Waals surface area (Å²) in [5.74, 6) is -0.594. The summed E-state index contributed by atoms with van der Waals surface area (Å²) in [4.78, 5) is 15.1. The second kappa shape index (κ2) is 6.08. The summed E-state index contributed by atoms with van der Waals surface area (Å²) in [6, 6.07) is 10.4. The van der Waals surface area contributed by atoms with Gasteiger partial charge in [0.15, 0.2) is 5.79 Å². The van der Waals surface area contributed by atoms with Gasteiger partial charge in [0.25, 0.3) is 0 Å². The molecule has 2 saturated heterocycles. The van der Waals surface area contributed by atoms with Crippen LogP contribution in [0.1, 0.15) is 45.7 Å². The first-order valence-electron chi connectivity index (χ1n) is 9.27. The van der Waals surface area contributed by atoms with Gasteiger partial charge < -0.3 is 14.2 Å². The van der Waals surface area contributed by atoms with Gasteiger partial charge in [-0.15, -0.1) is 0 Å². The van der Waals surface area contributed by atoms with Gasteiger partial charge in [-0.3, -0.25) is 9.69 Å². The number of hydrogen-bond acceptors (Lipinski definition) is 5. The molecule has 0 amide bonds. The Morgan fingerprint density at radius 3 is 2.64 bits per heavy atom. The van der Waals surface area contributed by atoms with Gasteiger partial charge >= 0.3 is 5.97 Å². The van der Waals surface area contributed by atoms with Crippen molar-refractivity contribution in [3.63, 3.8) is 0 Å². The maximum absolute atomic E-state index is 12.8. The van der Waals surface area contributed by atoms with Crippen LogP contribution in [-0.2, 0) is 19.0 Å². The summed E-state index contributed by atoms with van der Waals surface area (Å²) in [7, 11) is 0. The summed E-state index contributed by atoms with van der Waals surface area (Å²) in [5.41, 5.74) is 1.21. The first kappa shape index (κ1) is 17.0. The molecule has 0 N–H and O–H groups in total. The van der Waals surface area contributed by atoms with Crippen LogP contribution in [0.4, 0.5) is 0 Å². The number of esters is 1. The van der Waals surface area contributed by atoms with E-state index in [0.717, 1.165) is 6.42 Å². The van der Waals surface area contributed by atoms with Gasteiger partial charge in [0.2, 0.25) is 0 Å². The molecule has 0 spiro atoms. The zero-order valence-corrected chi connectivity index (χ0v) is 15.3. The molecule has 1 saturated carbocycles. The summed E-state index contributed by atoms with van der Waals surface area (Å²) < 4.78 is 17.8. The second-order valence-corrected chi connectivity index (χ2v) is 7.76. The molecule has 136 valence electrons.